The van der Waals surface area contributed by atoms with Crippen LogP contribution in [-0.4, -0.2) is 4.57 Å². The van der Waals surface area contributed by atoms with Crippen molar-refractivity contribution in [2.45, 2.75) is 19.5 Å². The van der Waals surface area contributed by atoms with Crippen LogP contribution in [0.15, 0.2) is 42.7 Å². The van der Waals surface area contributed by atoms with Crippen LogP contribution < -0.4 is 5.73 Å². The minimum absolute atomic E-state index is 0.0504. The van der Waals surface area contributed by atoms with Crippen molar-refractivity contribution in [2.24, 2.45) is 5.73 Å². The maximum atomic E-state index is 12.7. The van der Waals surface area contributed by atoms with Gasteiger partial charge in [-0.3, -0.25) is 0 Å². The van der Waals surface area contributed by atoms with E-state index in [-0.39, 0.29) is 11.9 Å². The zero-order chi connectivity index (χ0) is 11.5. The summed E-state index contributed by atoms with van der Waals surface area (Å²) >= 11 is 0. The molecule has 2 aromatic rings. The van der Waals surface area contributed by atoms with E-state index in [1.807, 2.05) is 30.0 Å². The number of nitrogens with two attached hydrogens (primary N) is 1. The van der Waals surface area contributed by atoms with Gasteiger partial charge >= 0.3 is 0 Å². The van der Waals surface area contributed by atoms with E-state index in [0.717, 1.165) is 17.7 Å². The van der Waals surface area contributed by atoms with E-state index in [9.17, 15) is 4.39 Å². The summed E-state index contributed by atoms with van der Waals surface area (Å²) in [6.45, 7) is 2.70. The third-order valence-corrected chi connectivity index (χ3v) is 2.58. The maximum Gasteiger partial charge on any atom is 0.123 e. The van der Waals surface area contributed by atoms with Crippen molar-refractivity contribution in [1.29, 1.82) is 0 Å². The Morgan fingerprint density at radius 1 is 1.25 bits per heavy atom. The minimum Gasteiger partial charge on any atom is -0.350 e. The predicted molar refractivity (Wildman–Crippen MR) is 62.5 cm³/mol. The van der Waals surface area contributed by atoms with Gasteiger partial charge in [0.15, 0.2) is 0 Å². The van der Waals surface area contributed by atoms with E-state index < -0.39 is 0 Å². The minimum atomic E-state index is -0.201. The van der Waals surface area contributed by atoms with Crippen LogP contribution in [0.1, 0.15) is 24.1 Å². The highest BCUT2D eigenvalue weighted by atomic mass is 19.1. The molecule has 1 aromatic carbocycles. The topological polar surface area (TPSA) is 30.9 Å². The number of hydrogen-bond donors (Lipinski definition) is 1. The molecule has 2 rings (SSSR count). The highest BCUT2D eigenvalue weighted by Crippen LogP contribution is 2.12. The number of halogens is 1. The molecular formula is C13H15FN2. The lowest BCUT2D eigenvalue weighted by molar-refractivity contribution is 0.626. The molecular weight excluding hydrogens is 203 g/mol. The van der Waals surface area contributed by atoms with Gasteiger partial charge in [0.1, 0.15) is 5.82 Å². The highest BCUT2D eigenvalue weighted by Gasteiger charge is 2.02. The fourth-order valence-corrected chi connectivity index (χ4v) is 1.63. The van der Waals surface area contributed by atoms with Crippen LogP contribution >= 0.6 is 0 Å². The first-order chi connectivity index (χ1) is 7.65. The number of rotatable bonds is 3. The van der Waals surface area contributed by atoms with Crippen molar-refractivity contribution in [2.75, 3.05) is 0 Å². The monoisotopic (exact) mass is 218 g/mol. The second kappa shape index (κ2) is 4.49. The Morgan fingerprint density at radius 3 is 2.50 bits per heavy atom. The Morgan fingerprint density at radius 2 is 1.94 bits per heavy atom. The Bertz CT molecular complexity index is 457. The standard InChI is InChI=1S/C13H15FN2/c1-10(15)12-6-7-16(9-12)8-11-2-4-13(14)5-3-11/h2-7,9-10H,8,15H2,1H3. The normalized spacial score (nSPS) is 12.7. The molecule has 0 amide bonds. The van der Waals surface area contributed by atoms with E-state index >= 15 is 0 Å². The van der Waals surface area contributed by atoms with E-state index in [2.05, 4.69) is 0 Å². The molecule has 1 heterocycles. The summed E-state index contributed by atoms with van der Waals surface area (Å²) in [5, 5.41) is 0. The van der Waals surface area contributed by atoms with Crippen molar-refractivity contribution in [3.8, 4) is 0 Å². The van der Waals surface area contributed by atoms with Gasteiger partial charge in [-0.25, -0.2) is 4.39 Å². The molecule has 0 fully saturated rings. The van der Waals surface area contributed by atoms with Crippen molar-refractivity contribution in [3.63, 3.8) is 0 Å². The molecule has 84 valence electrons. The summed E-state index contributed by atoms with van der Waals surface area (Å²) in [5.74, 6) is -0.201. The summed E-state index contributed by atoms with van der Waals surface area (Å²) < 4.78 is 14.8. The Hall–Kier alpha value is -1.61. The van der Waals surface area contributed by atoms with Crippen LogP contribution in [0, 0.1) is 5.82 Å². The Balaban J connectivity index is 2.11. The molecule has 0 aliphatic heterocycles. The fourth-order valence-electron chi connectivity index (χ4n) is 1.63. The third-order valence-electron chi connectivity index (χ3n) is 2.58. The lowest BCUT2D eigenvalue weighted by Gasteiger charge is -2.04. The summed E-state index contributed by atoms with van der Waals surface area (Å²) in [4.78, 5) is 0. The Kier molecular flexibility index (Phi) is 3.06. The summed E-state index contributed by atoms with van der Waals surface area (Å²) in [7, 11) is 0. The molecule has 3 heteroatoms. The smallest absolute Gasteiger partial charge is 0.123 e. The van der Waals surface area contributed by atoms with Crippen molar-refractivity contribution in [3.05, 3.63) is 59.7 Å². The molecule has 0 aliphatic carbocycles. The van der Waals surface area contributed by atoms with Crippen molar-refractivity contribution >= 4 is 0 Å². The van der Waals surface area contributed by atoms with Crippen LogP contribution in [0.5, 0.6) is 0 Å². The van der Waals surface area contributed by atoms with Crippen LogP contribution in [0.4, 0.5) is 4.39 Å². The van der Waals surface area contributed by atoms with Gasteiger partial charge in [0, 0.05) is 25.0 Å². The van der Waals surface area contributed by atoms with Crippen molar-refractivity contribution < 1.29 is 4.39 Å². The molecule has 0 aliphatic rings. The first kappa shape index (κ1) is 10.9. The number of nitrogens with zero attached hydrogens (tertiary/aromatic N) is 1. The molecule has 2 nitrogen and oxygen atoms in total. The first-order valence-electron chi connectivity index (χ1n) is 5.31. The highest BCUT2D eigenvalue weighted by molar-refractivity contribution is 5.19. The largest absolute Gasteiger partial charge is 0.350 e. The fraction of sp³-hybridized carbons (Fsp3) is 0.231. The zero-order valence-electron chi connectivity index (χ0n) is 9.23. The van der Waals surface area contributed by atoms with Gasteiger partial charge in [0.2, 0.25) is 0 Å². The molecule has 1 unspecified atom stereocenters. The number of aromatic nitrogens is 1. The summed E-state index contributed by atoms with van der Waals surface area (Å²) in [6.07, 6.45) is 4.01. The number of hydrogen-bond acceptors (Lipinski definition) is 1. The van der Waals surface area contributed by atoms with Gasteiger partial charge in [-0.05, 0) is 36.2 Å². The maximum absolute atomic E-state index is 12.7. The molecule has 0 saturated heterocycles. The average Bonchev–Trinajstić information content (AvgIpc) is 2.70. The van der Waals surface area contributed by atoms with Crippen LogP contribution in [-0.2, 0) is 6.54 Å². The lowest BCUT2D eigenvalue weighted by Crippen LogP contribution is -2.03. The van der Waals surface area contributed by atoms with Crippen LogP contribution in [0.25, 0.3) is 0 Å². The molecule has 2 N–H and O–H groups in total. The van der Waals surface area contributed by atoms with E-state index in [1.165, 1.54) is 12.1 Å². The van der Waals surface area contributed by atoms with Crippen LogP contribution in [0.3, 0.4) is 0 Å². The van der Waals surface area contributed by atoms with Gasteiger partial charge in [-0.2, -0.15) is 0 Å². The molecule has 0 spiro atoms. The average molecular weight is 218 g/mol. The molecule has 16 heavy (non-hydrogen) atoms. The van der Waals surface area contributed by atoms with Gasteiger partial charge in [0.05, 0.1) is 0 Å². The quantitative estimate of drug-likeness (QED) is 0.843. The second-order valence-corrected chi connectivity index (χ2v) is 4.03. The van der Waals surface area contributed by atoms with Crippen LogP contribution in [0.2, 0.25) is 0 Å². The van der Waals surface area contributed by atoms with E-state index in [0.29, 0.717) is 0 Å². The predicted octanol–water partition coefficient (Wildman–Crippen LogP) is 2.70. The lowest BCUT2D eigenvalue weighted by atomic mass is 10.2. The number of benzene rings is 1. The molecule has 0 radical (unpaired) electrons. The summed E-state index contributed by atoms with van der Waals surface area (Å²) in [6, 6.07) is 8.60. The van der Waals surface area contributed by atoms with Gasteiger partial charge in [-0.1, -0.05) is 12.1 Å². The summed E-state index contributed by atoms with van der Waals surface area (Å²) in [5.41, 5.74) is 7.97. The molecule has 1 atom stereocenters. The van der Waals surface area contributed by atoms with Crippen molar-refractivity contribution in [1.82, 2.24) is 4.57 Å². The van der Waals surface area contributed by atoms with Gasteiger partial charge in [0.25, 0.3) is 0 Å². The SMILES string of the molecule is CC(N)c1ccn(Cc2ccc(F)cc2)c1. The molecule has 0 bridgehead atoms. The third kappa shape index (κ3) is 2.49. The zero-order valence-corrected chi connectivity index (χ0v) is 9.23. The van der Waals surface area contributed by atoms with E-state index in [1.54, 1.807) is 12.1 Å². The van der Waals surface area contributed by atoms with Gasteiger partial charge < -0.3 is 10.3 Å². The molecule has 1 aromatic heterocycles. The second-order valence-electron chi connectivity index (χ2n) is 4.03. The molecule has 0 saturated carbocycles. The van der Waals surface area contributed by atoms with E-state index in [4.69, 9.17) is 5.73 Å². The first-order valence-corrected chi connectivity index (χ1v) is 5.31. The Labute approximate surface area is 94.5 Å². The van der Waals surface area contributed by atoms with Gasteiger partial charge in [-0.15, -0.1) is 0 Å².